The van der Waals surface area contributed by atoms with Crippen molar-refractivity contribution >= 4 is 20.8 Å². The number of rotatable bonds is 5. The SMILES string of the molecule is CN(Cc1nnc(-c2ccccc2)o1)S(=O)(=O)c1ccc2ccccc2c1. The first-order valence-electron chi connectivity index (χ1n) is 8.37. The van der Waals surface area contributed by atoms with Crippen LogP contribution in [0.5, 0.6) is 0 Å². The number of sulfonamides is 1. The van der Waals surface area contributed by atoms with E-state index in [0.717, 1.165) is 16.3 Å². The first kappa shape index (κ1) is 17.4. The molecule has 0 N–H and O–H groups in total. The monoisotopic (exact) mass is 379 g/mol. The van der Waals surface area contributed by atoms with E-state index in [2.05, 4.69) is 10.2 Å². The van der Waals surface area contributed by atoms with Crippen LogP contribution in [-0.4, -0.2) is 30.0 Å². The van der Waals surface area contributed by atoms with Crippen molar-refractivity contribution in [1.82, 2.24) is 14.5 Å². The predicted molar refractivity (Wildman–Crippen MR) is 102 cm³/mol. The van der Waals surface area contributed by atoms with Crippen LogP contribution in [0.1, 0.15) is 5.89 Å². The number of aromatic nitrogens is 2. The summed E-state index contributed by atoms with van der Waals surface area (Å²) in [5, 5.41) is 9.82. The molecule has 7 heteroatoms. The van der Waals surface area contributed by atoms with Crippen LogP contribution < -0.4 is 0 Å². The van der Waals surface area contributed by atoms with Gasteiger partial charge in [-0.2, -0.15) is 4.31 Å². The van der Waals surface area contributed by atoms with Gasteiger partial charge in [0.25, 0.3) is 0 Å². The average Bonchev–Trinajstić information content (AvgIpc) is 3.16. The minimum atomic E-state index is -3.68. The molecule has 27 heavy (non-hydrogen) atoms. The summed E-state index contributed by atoms with van der Waals surface area (Å²) in [6.07, 6.45) is 0. The summed E-state index contributed by atoms with van der Waals surface area (Å²) in [5.41, 5.74) is 0.788. The third-order valence-electron chi connectivity index (χ3n) is 4.27. The molecular weight excluding hydrogens is 362 g/mol. The van der Waals surface area contributed by atoms with Gasteiger partial charge < -0.3 is 4.42 Å². The van der Waals surface area contributed by atoms with Crippen molar-refractivity contribution in [2.24, 2.45) is 0 Å². The Kier molecular flexibility index (Phi) is 4.47. The van der Waals surface area contributed by atoms with Crippen molar-refractivity contribution in [3.8, 4) is 11.5 Å². The summed E-state index contributed by atoms with van der Waals surface area (Å²) >= 11 is 0. The lowest BCUT2D eigenvalue weighted by Gasteiger charge is -2.15. The van der Waals surface area contributed by atoms with Gasteiger partial charge >= 0.3 is 0 Å². The van der Waals surface area contributed by atoms with Crippen LogP contribution >= 0.6 is 0 Å². The van der Waals surface area contributed by atoms with Gasteiger partial charge in [-0.1, -0.05) is 48.5 Å². The van der Waals surface area contributed by atoms with Crippen LogP contribution in [0.25, 0.3) is 22.2 Å². The maximum Gasteiger partial charge on any atom is 0.247 e. The molecule has 0 spiro atoms. The standard InChI is InChI=1S/C20H17N3O3S/c1-23(14-19-21-22-20(26-19)16-8-3-2-4-9-16)27(24,25)18-12-11-15-7-5-6-10-17(15)13-18/h2-13H,14H2,1H3. The van der Waals surface area contributed by atoms with Crippen LogP contribution in [0.3, 0.4) is 0 Å². The highest BCUT2D eigenvalue weighted by molar-refractivity contribution is 7.89. The molecule has 0 aliphatic carbocycles. The molecule has 0 amide bonds. The van der Waals surface area contributed by atoms with Gasteiger partial charge in [0, 0.05) is 12.6 Å². The summed E-state index contributed by atoms with van der Waals surface area (Å²) in [7, 11) is -2.18. The van der Waals surface area contributed by atoms with E-state index < -0.39 is 10.0 Å². The summed E-state index contributed by atoms with van der Waals surface area (Å²) in [5.74, 6) is 0.600. The van der Waals surface area contributed by atoms with Gasteiger partial charge in [-0.05, 0) is 35.0 Å². The lowest BCUT2D eigenvalue weighted by atomic mass is 10.1. The number of hydrogen-bond acceptors (Lipinski definition) is 5. The number of fused-ring (bicyclic) bond motifs is 1. The topological polar surface area (TPSA) is 76.3 Å². The second kappa shape index (κ2) is 6.94. The van der Waals surface area contributed by atoms with Gasteiger partial charge in [-0.15, -0.1) is 10.2 Å². The van der Waals surface area contributed by atoms with Crippen LogP contribution in [0.15, 0.2) is 82.1 Å². The second-order valence-electron chi connectivity index (χ2n) is 6.14. The molecular formula is C20H17N3O3S. The Bertz CT molecular complexity index is 1190. The van der Waals surface area contributed by atoms with E-state index in [9.17, 15) is 8.42 Å². The Morgan fingerprint density at radius 3 is 2.37 bits per heavy atom. The minimum Gasteiger partial charge on any atom is -0.419 e. The molecule has 0 fully saturated rings. The smallest absolute Gasteiger partial charge is 0.247 e. The van der Waals surface area contributed by atoms with Crippen molar-refractivity contribution in [2.75, 3.05) is 7.05 Å². The molecule has 136 valence electrons. The first-order chi connectivity index (χ1) is 13.0. The Hall–Kier alpha value is -3.03. The predicted octanol–water partition coefficient (Wildman–Crippen LogP) is 3.71. The van der Waals surface area contributed by atoms with Crippen LogP contribution in [0.2, 0.25) is 0 Å². The van der Waals surface area contributed by atoms with E-state index in [1.165, 1.54) is 11.4 Å². The van der Waals surface area contributed by atoms with E-state index in [1.807, 2.05) is 54.6 Å². The van der Waals surface area contributed by atoms with Gasteiger partial charge in [0.1, 0.15) is 0 Å². The zero-order chi connectivity index (χ0) is 18.9. The molecule has 0 atom stereocenters. The zero-order valence-corrected chi connectivity index (χ0v) is 15.4. The highest BCUT2D eigenvalue weighted by atomic mass is 32.2. The first-order valence-corrected chi connectivity index (χ1v) is 9.81. The fourth-order valence-electron chi connectivity index (χ4n) is 2.80. The average molecular weight is 379 g/mol. The van der Waals surface area contributed by atoms with Crippen LogP contribution in [-0.2, 0) is 16.6 Å². The van der Waals surface area contributed by atoms with Gasteiger partial charge in [-0.3, -0.25) is 0 Å². The highest BCUT2D eigenvalue weighted by Gasteiger charge is 2.23. The van der Waals surface area contributed by atoms with E-state index >= 15 is 0 Å². The lowest BCUT2D eigenvalue weighted by molar-refractivity contribution is 0.400. The van der Waals surface area contributed by atoms with Crippen molar-refractivity contribution < 1.29 is 12.8 Å². The molecule has 0 saturated carbocycles. The van der Waals surface area contributed by atoms with Crippen LogP contribution in [0.4, 0.5) is 0 Å². The van der Waals surface area contributed by atoms with Gasteiger partial charge in [0.2, 0.25) is 21.8 Å². The lowest BCUT2D eigenvalue weighted by Crippen LogP contribution is -2.26. The summed E-state index contributed by atoms with van der Waals surface area (Å²) in [4.78, 5) is 0.228. The van der Waals surface area contributed by atoms with Gasteiger partial charge in [-0.25, -0.2) is 8.42 Å². The molecule has 1 heterocycles. The van der Waals surface area contributed by atoms with E-state index in [4.69, 9.17) is 4.42 Å². The molecule has 0 bridgehead atoms. The van der Waals surface area contributed by atoms with Gasteiger partial charge in [0.05, 0.1) is 11.4 Å². The quantitative estimate of drug-likeness (QED) is 0.528. The zero-order valence-electron chi connectivity index (χ0n) is 14.6. The number of hydrogen-bond donors (Lipinski definition) is 0. The fourth-order valence-corrected chi connectivity index (χ4v) is 3.95. The normalized spacial score (nSPS) is 11.9. The summed E-state index contributed by atoms with van der Waals surface area (Å²) in [6, 6.07) is 22.1. The molecule has 0 aliphatic heterocycles. The van der Waals surface area contributed by atoms with Crippen molar-refractivity contribution in [1.29, 1.82) is 0 Å². The van der Waals surface area contributed by atoms with Crippen molar-refractivity contribution in [3.05, 3.63) is 78.7 Å². The van der Waals surface area contributed by atoms with Crippen molar-refractivity contribution in [3.63, 3.8) is 0 Å². The molecule has 6 nitrogen and oxygen atoms in total. The second-order valence-corrected chi connectivity index (χ2v) is 8.18. The Balaban J connectivity index is 1.58. The van der Waals surface area contributed by atoms with E-state index in [1.54, 1.807) is 18.2 Å². The Morgan fingerprint density at radius 2 is 1.59 bits per heavy atom. The Morgan fingerprint density at radius 1 is 0.889 bits per heavy atom. The van der Waals surface area contributed by atoms with Gasteiger partial charge in [0.15, 0.2) is 0 Å². The number of benzene rings is 3. The molecule has 4 rings (SSSR count). The van der Waals surface area contributed by atoms with E-state index in [-0.39, 0.29) is 17.3 Å². The molecule has 4 aromatic rings. The number of nitrogens with zero attached hydrogens (tertiary/aromatic N) is 3. The molecule has 3 aromatic carbocycles. The molecule has 1 aromatic heterocycles. The van der Waals surface area contributed by atoms with Crippen LogP contribution in [0, 0.1) is 0 Å². The fraction of sp³-hybridized carbons (Fsp3) is 0.100. The third-order valence-corrected chi connectivity index (χ3v) is 6.07. The maximum atomic E-state index is 12.9. The molecule has 0 aliphatic rings. The maximum absolute atomic E-state index is 12.9. The minimum absolute atomic E-state index is 0.00497. The third kappa shape index (κ3) is 3.47. The van der Waals surface area contributed by atoms with Crippen molar-refractivity contribution in [2.45, 2.75) is 11.4 Å². The summed E-state index contributed by atoms with van der Waals surface area (Å²) in [6.45, 7) is -0.00497. The van der Waals surface area contributed by atoms with E-state index in [0.29, 0.717) is 5.89 Å². The molecule has 0 unspecified atom stereocenters. The molecule has 0 radical (unpaired) electrons. The summed E-state index contributed by atoms with van der Waals surface area (Å²) < 4.78 is 32.6. The Labute approximate surface area is 157 Å². The molecule has 0 saturated heterocycles. The largest absolute Gasteiger partial charge is 0.419 e. The highest BCUT2D eigenvalue weighted by Crippen LogP contribution is 2.23.